The largest absolute Gasteiger partial charge is 0.377 e. The lowest BCUT2D eigenvalue weighted by molar-refractivity contribution is -0.122. The quantitative estimate of drug-likeness (QED) is 0.779. The second-order valence-corrected chi connectivity index (χ2v) is 5.31. The van der Waals surface area contributed by atoms with Gasteiger partial charge >= 0.3 is 0 Å². The van der Waals surface area contributed by atoms with Gasteiger partial charge in [-0.1, -0.05) is 18.5 Å². The topological polar surface area (TPSA) is 87.3 Å². The number of piperidine rings is 1. The van der Waals surface area contributed by atoms with Gasteiger partial charge in [0.25, 0.3) is 5.91 Å². The van der Waals surface area contributed by atoms with Crippen molar-refractivity contribution >= 4 is 23.9 Å². The number of nitrogens with zero attached hydrogens (tertiary/aromatic N) is 2. The maximum atomic E-state index is 12.2. The average Bonchev–Trinajstić information content (AvgIpc) is 2.88. The summed E-state index contributed by atoms with van der Waals surface area (Å²) < 4.78 is 5.35. The van der Waals surface area contributed by atoms with E-state index in [0.717, 1.165) is 12.1 Å². The van der Waals surface area contributed by atoms with E-state index in [4.69, 9.17) is 16.3 Å². The van der Waals surface area contributed by atoms with E-state index < -0.39 is 0 Å². The van der Waals surface area contributed by atoms with Crippen molar-refractivity contribution in [1.29, 1.82) is 0 Å². The second-order valence-electron chi connectivity index (χ2n) is 4.95. The molecule has 0 unspecified atom stereocenters. The number of rotatable bonds is 5. The predicted octanol–water partition coefficient (Wildman–Crippen LogP) is 0.601. The Morgan fingerprint density at radius 1 is 1.67 bits per heavy atom. The van der Waals surface area contributed by atoms with Crippen molar-refractivity contribution in [3.8, 4) is 0 Å². The fraction of sp³-hybridized carbons (Fsp3) is 0.615. The number of halogens is 1. The molecule has 0 spiro atoms. The Morgan fingerprint density at radius 2 is 2.43 bits per heavy atom. The Morgan fingerprint density at radius 3 is 3.00 bits per heavy atom. The van der Waals surface area contributed by atoms with Crippen molar-refractivity contribution in [3.63, 3.8) is 0 Å². The van der Waals surface area contributed by atoms with E-state index in [1.807, 2.05) is 6.92 Å². The lowest BCUT2D eigenvalue weighted by Gasteiger charge is -2.36. The van der Waals surface area contributed by atoms with Gasteiger partial charge in [0.15, 0.2) is 11.0 Å². The number of hydrogen-bond donors (Lipinski definition) is 2. The zero-order valence-electron chi connectivity index (χ0n) is 12.1. The molecule has 0 aromatic carbocycles. The van der Waals surface area contributed by atoms with Gasteiger partial charge in [-0.3, -0.25) is 9.59 Å². The van der Waals surface area contributed by atoms with E-state index in [1.54, 1.807) is 12.0 Å². The summed E-state index contributed by atoms with van der Waals surface area (Å²) >= 11 is 5.93. The number of ether oxygens (including phenoxy) is 1. The molecule has 2 heterocycles. The molecule has 0 aliphatic carbocycles. The first-order valence-corrected chi connectivity index (χ1v) is 7.24. The van der Waals surface area contributed by atoms with Crippen LogP contribution < -0.4 is 5.32 Å². The zero-order valence-corrected chi connectivity index (χ0v) is 12.8. The molecule has 0 saturated carbocycles. The molecule has 2 rings (SSSR count). The Balaban J connectivity index is 2.02. The molecule has 21 heavy (non-hydrogen) atoms. The maximum Gasteiger partial charge on any atom is 0.287 e. The lowest BCUT2D eigenvalue weighted by Crippen LogP contribution is -2.54. The third kappa shape index (κ3) is 3.54. The average molecular weight is 315 g/mol. The number of likely N-dealkylation sites (tertiary alicyclic amines) is 1. The van der Waals surface area contributed by atoms with E-state index in [-0.39, 0.29) is 23.9 Å². The summed E-state index contributed by atoms with van der Waals surface area (Å²) in [5.41, 5.74) is 0.737. The van der Waals surface area contributed by atoms with Crippen LogP contribution in [-0.4, -0.2) is 59.5 Å². The monoisotopic (exact) mass is 314 g/mol. The van der Waals surface area contributed by atoms with Crippen molar-refractivity contribution < 1.29 is 14.3 Å². The van der Waals surface area contributed by atoms with Crippen LogP contribution in [0.5, 0.6) is 0 Å². The minimum absolute atomic E-state index is 0.160. The van der Waals surface area contributed by atoms with Gasteiger partial charge in [-0.25, -0.2) is 4.98 Å². The SMILES string of the molecule is CCc1[nH]c(C(=O)N[C@H]2CCN(C=O)C[C@H]2OC)nc1Cl. The summed E-state index contributed by atoms with van der Waals surface area (Å²) in [7, 11) is 1.57. The molecule has 1 aromatic rings. The number of aromatic amines is 1. The van der Waals surface area contributed by atoms with E-state index in [0.29, 0.717) is 31.1 Å². The minimum atomic E-state index is -0.316. The number of aromatic nitrogens is 2. The highest BCUT2D eigenvalue weighted by molar-refractivity contribution is 6.30. The van der Waals surface area contributed by atoms with Gasteiger partial charge in [0.1, 0.15) is 0 Å². The molecule has 1 aliphatic heterocycles. The van der Waals surface area contributed by atoms with E-state index in [9.17, 15) is 9.59 Å². The van der Waals surface area contributed by atoms with Gasteiger partial charge in [-0.2, -0.15) is 0 Å². The highest BCUT2D eigenvalue weighted by Crippen LogP contribution is 2.15. The Hall–Kier alpha value is -1.60. The maximum absolute atomic E-state index is 12.2. The molecule has 1 aromatic heterocycles. The highest BCUT2D eigenvalue weighted by Gasteiger charge is 2.30. The van der Waals surface area contributed by atoms with Crippen LogP contribution in [0.3, 0.4) is 0 Å². The molecule has 2 atom stereocenters. The number of carbonyl (C=O) groups excluding carboxylic acids is 2. The summed E-state index contributed by atoms with van der Waals surface area (Å²) in [4.78, 5) is 31.6. The first-order chi connectivity index (χ1) is 10.1. The van der Waals surface area contributed by atoms with Gasteiger partial charge in [-0.05, 0) is 12.8 Å². The summed E-state index contributed by atoms with van der Waals surface area (Å²) in [6.45, 7) is 2.98. The number of imidazole rings is 1. The molecule has 8 heteroatoms. The number of nitrogens with one attached hydrogen (secondary N) is 2. The van der Waals surface area contributed by atoms with Gasteiger partial charge in [0.2, 0.25) is 6.41 Å². The third-order valence-electron chi connectivity index (χ3n) is 3.66. The summed E-state index contributed by atoms with van der Waals surface area (Å²) in [6.07, 6.45) is 1.88. The molecule has 0 bridgehead atoms. The molecule has 116 valence electrons. The van der Waals surface area contributed by atoms with Crippen molar-refractivity contribution in [3.05, 3.63) is 16.7 Å². The van der Waals surface area contributed by atoms with Gasteiger partial charge in [0.05, 0.1) is 17.8 Å². The van der Waals surface area contributed by atoms with Crippen molar-refractivity contribution in [2.24, 2.45) is 0 Å². The van der Waals surface area contributed by atoms with Crippen LogP contribution in [0.1, 0.15) is 29.7 Å². The molecule has 1 aliphatic rings. The van der Waals surface area contributed by atoms with Crippen LogP contribution >= 0.6 is 11.6 Å². The smallest absolute Gasteiger partial charge is 0.287 e. The number of carbonyl (C=O) groups is 2. The summed E-state index contributed by atoms with van der Waals surface area (Å²) in [5.74, 6) is -0.118. The predicted molar refractivity (Wildman–Crippen MR) is 77.3 cm³/mol. The summed E-state index contributed by atoms with van der Waals surface area (Å²) in [6, 6.07) is -0.160. The van der Waals surface area contributed by atoms with Crippen LogP contribution in [0.2, 0.25) is 5.15 Å². The minimum Gasteiger partial charge on any atom is -0.377 e. The van der Waals surface area contributed by atoms with Crippen molar-refractivity contribution in [2.45, 2.75) is 31.9 Å². The van der Waals surface area contributed by atoms with Crippen LogP contribution in [0.25, 0.3) is 0 Å². The van der Waals surface area contributed by atoms with Crippen LogP contribution in [-0.2, 0) is 16.0 Å². The van der Waals surface area contributed by atoms with Gasteiger partial charge in [0, 0.05) is 20.2 Å². The molecular weight excluding hydrogens is 296 g/mol. The van der Waals surface area contributed by atoms with Gasteiger partial charge < -0.3 is 19.9 Å². The molecule has 1 fully saturated rings. The standard InChI is InChI=1S/C13H19ClN4O3/c1-3-8-11(14)17-12(15-8)13(20)16-9-4-5-18(7-19)6-10(9)21-2/h7,9-10H,3-6H2,1-2H3,(H,15,17)(H,16,20)/t9-,10+/m0/s1. The fourth-order valence-electron chi connectivity index (χ4n) is 2.41. The fourth-order valence-corrected chi connectivity index (χ4v) is 2.67. The number of amides is 2. The second kappa shape index (κ2) is 6.91. The van der Waals surface area contributed by atoms with Gasteiger partial charge in [-0.15, -0.1) is 0 Å². The van der Waals surface area contributed by atoms with E-state index in [2.05, 4.69) is 15.3 Å². The van der Waals surface area contributed by atoms with E-state index in [1.165, 1.54) is 0 Å². The third-order valence-corrected chi connectivity index (χ3v) is 3.97. The first kappa shape index (κ1) is 15.8. The Labute approximate surface area is 128 Å². The first-order valence-electron chi connectivity index (χ1n) is 6.86. The van der Waals surface area contributed by atoms with Crippen molar-refractivity contribution in [2.75, 3.05) is 20.2 Å². The molecule has 7 nitrogen and oxygen atoms in total. The normalized spacial score (nSPS) is 22.1. The molecule has 1 saturated heterocycles. The zero-order chi connectivity index (χ0) is 15.4. The number of aryl methyl sites for hydroxylation is 1. The Bertz CT molecular complexity index is 520. The molecular formula is C13H19ClN4O3. The van der Waals surface area contributed by atoms with Crippen LogP contribution in [0.4, 0.5) is 0 Å². The molecule has 2 amide bonds. The van der Waals surface area contributed by atoms with Crippen LogP contribution in [0, 0.1) is 0 Å². The number of methoxy groups -OCH3 is 1. The van der Waals surface area contributed by atoms with Crippen molar-refractivity contribution in [1.82, 2.24) is 20.2 Å². The lowest BCUT2D eigenvalue weighted by atomic mass is 10.0. The number of H-pyrrole nitrogens is 1. The Kier molecular flexibility index (Phi) is 5.19. The highest BCUT2D eigenvalue weighted by atomic mass is 35.5. The summed E-state index contributed by atoms with van der Waals surface area (Å²) in [5, 5.41) is 3.21. The van der Waals surface area contributed by atoms with Crippen LogP contribution in [0.15, 0.2) is 0 Å². The molecule has 0 radical (unpaired) electrons. The molecule has 2 N–H and O–H groups in total. The number of hydrogen-bond acceptors (Lipinski definition) is 4. The van der Waals surface area contributed by atoms with E-state index >= 15 is 0 Å².